The molecule has 4 nitrogen and oxygen atoms in total. The van der Waals surface area contributed by atoms with Crippen molar-refractivity contribution in [2.24, 2.45) is 0 Å². The average molecular weight is 211 g/mol. The second-order valence-corrected chi connectivity index (χ2v) is 2.59. The van der Waals surface area contributed by atoms with Crippen LogP contribution in [0.2, 0.25) is 5.15 Å². The van der Waals surface area contributed by atoms with Crippen molar-refractivity contribution in [1.82, 2.24) is 9.78 Å². The first-order valence-electron chi connectivity index (χ1n) is 3.25. The molecule has 0 radical (unpaired) electrons. The van der Waals surface area contributed by atoms with E-state index < -0.39 is 18.9 Å². The highest BCUT2D eigenvalue weighted by Gasteiger charge is 2.16. The average Bonchev–Trinajstić information content (AvgIpc) is 2.32. The van der Waals surface area contributed by atoms with Crippen LogP contribution < -0.4 is 0 Å². The lowest BCUT2D eigenvalue weighted by molar-refractivity contribution is 0.0696. The number of rotatable bonds is 3. The summed E-state index contributed by atoms with van der Waals surface area (Å²) >= 11 is 5.45. The van der Waals surface area contributed by atoms with Crippen LogP contribution in [0.15, 0.2) is 6.20 Å². The lowest BCUT2D eigenvalue weighted by Gasteiger charge is -2.00. The molecule has 0 aliphatic heterocycles. The zero-order valence-corrected chi connectivity index (χ0v) is 7.00. The number of hydrogen-bond donors (Lipinski definition) is 1. The highest BCUT2D eigenvalue weighted by molar-refractivity contribution is 6.32. The molecule has 0 fully saturated rings. The van der Waals surface area contributed by atoms with Gasteiger partial charge in [0.25, 0.3) is 6.43 Å². The van der Waals surface area contributed by atoms with Crippen molar-refractivity contribution in [2.75, 3.05) is 0 Å². The second kappa shape index (κ2) is 3.69. The van der Waals surface area contributed by atoms with Gasteiger partial charge < -0.3 is 5.11 Å². The molecule has 0 atom stereocenters. The summed E-state index contributed by atoms with van der Waals surface area (Å²) in [6.45, 7) is -0.702. The monoisotopic (exact) mass is 210 g/mol. The molecule has 0 spiro atoms. The first-order valence-corrected chi connectivity index (χ1v) is 3.63. The Morgan fingerprint density at radius 1 is 1.77 bits per heavy atom. The molecule has 0 aliphatic carbocycles. The Kier molecular flexibility index (Phi) is 2.82. The molecule has 1 rings (SSSR count). The highest BCUT2D eigenvalue weighted by atomic mass is 35.5. The molecule has 72 valence electrons. The van der Waals surface area contributed by atoms with Crippen molar-refractivity contribution in [3.63, 3.8) is 0 Å². The molecule has 0 amide bonds. The van der Waals surface area contributed by atoms with E-state index in [1.54, 1.807) is 0 Å². The first kappa shape index (κ1) is 9.91. The zero-order chi connectivity index (χ0) is 10.0. The predicted molar refractivity (Wildman–Crippen MR) is 40.2 cm³/mol. The Labute approximate surface area is 76.7 Å². The minimum atomic E-state index is -2.61. The summed E-state index contributed by atoms with van der Waals surface area (Å²) < 4.78 is 24.4. The molecule has 0 aromatic carbocycles. The molecule has 13 heavy (non-hydrogen) atoms. The van der Waals surface area contributed by atoms with E-state index in [0.717, 1.165) is 10.9 Å². The van der Waals surface area contributed by atoms with Crippen LogP contribution in [0, 0.1) is 0 Å². The minimum absolute atomic E-state index is 0.276. The molecule has 1 aromatic heterocycles. The van der Waals surface area contributed by atoms with E-state index in [-0.39, 0.29) is 10.7 Å². The van der Waals surface area contributed by atoms with Crippen LogP contribution in [0.4, 0.5) is 8.78 Å². The molecule has 1 aromatic rings. The third-order valence-electron chi connectivity index (χ3n) is 1.32. The van der Waals surface area contributed by atoms with Crippen molar-refractivity contribution in [1.29, 1.82) is 0 Å². The standard InChI is InChI=1S/C6H5ClF2N2O2/c7-5-3(6(12)13)1-10-11(5)2-4(8)9/h1,4H,2H2,(H,12,13). The summed E-state index contributed by atoms with van der Waals surface area (Å²) in [6.07, 6.45) is -1.67. The summed E-state index contributed by atoms with van der Waals surface area (Å²) in [6, 6.07) is 0. The van der Waals surface area contributed by atoms with E-state index >= 15 is 0 Å². The Bertz CT molecular complexity index is 326. The summed E-state index contributed by atoms with van der Waals surface area (Å²) in [7, 11) is 0. The van der Waals surface area contributed by atoms with Crippen LogP contribution in [0.5, 0.6) is 0 Å². The van der Waals surface area contributed by atoms with Gasteiger partial charge in [0, 0.05) is 0 Å². The maximum Gasteiger partial charge on any atom is 0.340 e. The summed E-state index contributed by atoms with van der Waals surface area (Å²) in [4.78, 5) is 10.4. The third-order valence-corrected chi connectivity index (χ3v) is 1.72. The fourth-order valence-electron chi connectivity index (χ4n) is 0.772. The predicted octanol–water partition coefficient (Wildman–Crippen LogP) is 1.50. The van der Waals surface area contributed by atoms with Crippen molar-refractivity contribution in [2.45, 2.75) is 13.0 Å². The van der Waals surface area contributed by atoms with E-state index in [0.29, 0.717) is 0 Å². The number of aromatic carboxylic acids is 1. The van der Waals surface area contributed by atoms with Gasteiger partial charge in [-0.3, -0.25) is 0 Å². The molecular formula is C6H5ClF2N2O2. The SMILES string of the molecule is O=C(O)c1cnn(CC(F)F)c1Cl. The van der Waals surface area contributed by atoms with Gasteiger partial charge in [0.2, 0.25) is 0 Å². The Hall–Kier alpha value is -1.17. The molecule has 0 aliphatic rings. The lowest BCUT2D eigenvalue weighted by atomic mass is 10.4. The summed E-state index contributed by atoms with van der Waals surface area (Å²) in [5.41, 5.74) is -0.276. The number of hydrogen-bond acceptors (Lipinski definition) is 2. The van der Waals surface area contributed by atoms with E-state index in [1.807, 2.05) is 0 Å². The number of halogens is 3. The van der Waals surface area contributed by atoms with Crippen LogP contribution in [0.3, 0.4) is 0 Å². The number of carboxylic acid groups (broad SMARTS) is 1. The summed E-state index contributed by atoms with van der Waals surface area (Å²) in [5, 5.41) is 11.6. The first-order chi connectivity index (χ1) is 6.02. The molecule has 7 heteroatoms. The molecule has 0 bridgehead atoms. The number of carbonyl (C=O) groups is 1. The van der Waals surface area contributed by atoms with Gasteiger partial charge in [0.05, 0.1) is 6.20 Å². The van der Waals surface area contributed by atoms with Crippen LogP contribution in [-0.2, 0) is 6.54 Å². The van der Waals surface area contributed by atoms with Crippen molar-refractivity contribution >= 4 is 17.6 Å². The molecule has 1 heterocycles. The maximum absolute atomic E-state index is 11.8. The fraction of sp³-hybridized carbons (Fsp3) is 0.333. The molecule has 0 saturated carbocycles. The number of nitrogens with zero attached hydrogens (tertiary/aromatic N) is 2. The van der Waals surface area contributed by atoms with E-state index in [2.05, 4.69) is 5.10 Å². The minimum Gasteiger partial charge on any atom is -0.478 e. The van der Waals surface area contributed by atoms with E-state index in [1.165, 1.54) is 0 Å². The number of aromatic nitrogens is 2. The molecule has 0 saturated heterocycles. The van der Waals surface area contributed by atoms with Gasteiger partial charge in [0.15, 0.2) is 0 Å². The van der Waals surface area contributed by atoms with E-state index in [9.17, 15) is 13.6 Å². The lowest BCUT2D eigenvalue weighted by Crippen LogP contribution is -2.08. The van der Waals surface area contributed by atoms with Crippen molar-refractivity contribution < 1.29 is 18.7 Å². The van der Waals surface area contributed by atoms with Gasteiger partial charge in [0.1, 0.15) is 17.3 Å². The van der Waals surface area contributed by atoms with Gasteiger partial charge in [-0.15, -0.1) is 0 Å². The van der Waals surface area contributed by atoms with Gasteiger partial charge in [-0.25, -0.2) is 18.3 Å². The maximum atomic E-state index is 11.8. The zero-order valence-electron chi connectivity index (χ0n) is 6.25. The van der Waals surface area contributed by atoms with Gasteiger partial charge in [-0.05, 0) is 0 Å². The van der Waals surface area contributed by atoms with E-state index in [4.69, 9.17) is 16.7 Å². The molecular weight excluding hydrogens is 206 g/mol. The van der Waals surface area contributed by atoms with Crippen LogP contribution in [0.25, 0.3) is 0 Å². The summed E-state index contributed by atoms with van der Waals surface area (Å²) in [5.74, 6) is -1.29. The number of alkyl halides is 2. The van der Waals surface area contributed by atoms with Crippen molar-refractivity contribution in [3.05, 3.63) is 16.9 Å². The largest absolute Gasteiger partial charge is 0.478 e. The normalized spacial score (nSPS) is 10.8. The second-order valence-electron chi connectivity index (χ2n) is 2.23. The Morgan fingerprint density at radius 2 is 2.38 bits per heavy atom. The van der Waals surface area contributed by atoms with Crippen molar-refractivity contribution in [3.8, 4) is 0 Å². The quantitative estimate of drug-likeness (QED) is 0.823. The molecule has 0 unspecified atom stereocenters. The fourth-order valence-corrected chi connectivity index (χ4v) is 1.01. The van der Waals surface area contributed by atoms with Crippen LogP contribution in [-0.4, -0.2) is 27.3 Å². The topological polar surface area (TPSA) is 55.1 Å². The van der Waals surface area contributed by atoms with Gasteiger partial charge in [-0.2, -0.15) is 5.10 Å². The molecule has 1 N–H and O–H groups in total. The van der Waals surface area contributed by atoms with Gasteiger partial charge >= 0.3 is 5.97 Å². The smallest absolute Gasteiger partial charge is 0.340 e. The third kappa shape index (κ3) is 2.15. The van der Waals surface area contributed by atoms with Gasteiger partial charge in [-0.1, -0.05) is 11.6 Å². The Balaban J connectivity index is 2.93. The van der Waals surface area contributed by atoms with Crippen LogP contribution in [0.1, 0.15) is 10.4 Å². The number of carboxylic acids is 1. The van der Waals surface area contributed by atoms with Crippen LogP contribution >= 0.6 is 11.6 Å². The highest BCUT2D eigenvalue weighted by Crippen LogP contribution is 2.16. The Morgan fingerprint density at radius 3 is 2.77 bits per heavy atom.